The van der Waals surface area contributed by atoms with E-state index in [0.29, 0.717) is 0 Å². The molecule has 36 heavy (non-hydrogen) atoms. The largest absolute Gasteiger partial charge is 0.352 e. The monoisotopic (exact) mass is 478 g/mol. The van der Waals surface area contributed by atoms with Crippen LogP contribution in [0.5, 0.6) is 0 Å². The first-order valence-electron chi connectivity index (χ1n) is 12.6. The summed E-state index contributed by atoms with van der Waals surface area (Å²) in [6.45, 7) is 5.22. The van der Waals surface area contributed by atoms with Crippen LogP contribution in [-0.2, 0) is 6.54 Å². The molecule has 0 radical (unpaired) electrons. The topological polar surface area (TPSA) is 96.3 Å². The second-order valence-electron chi connectivity index (χ2n) is 9.52. The van der Waals surface area contributed by atoms with E-state index >= 15 is 0 Å². The van der Waals surface area contributed by atoms with Crippen molar-refractivity contribution in [2.24, 2.45) is 5.92 Å². The Labute approximate surface area is 210 Å². The Hall–Kier alpha value is -4.04. The highest BCUT2D eigenvalue weighted by atomic mass is 15.3. The Morgan fingerprint density at radius 3 is 2.83 bits per heavy atom. The van der Waals surface area contributed by atoms with Crippen LogP contribution in [0.2, 0.25) is 0 Å². The van der Waals surface area contributed by atoms with Gasteiger partial charge in [0.05, 0.1) is 52.7 Å². The maximum atomic E-state index is 4.66. The molecule has 0 amide bonds. The lowest BCUT2D eigenvalue weighted by molar-refractivity contribution is 0.332. The van der Waals surface area contributed by atoms with Gasteiger partial charge in [-0.15, -0.1) is 0 Å². The van der Waals surface area contributed by atoms with Gasteiger partial charge in [0, 0.05) is 29.4 Å². The van der Waals surface area contributed by atoms with Gasteiger partial charge in [0.15, 0.2) is 0 Å². The molecule has 5 aromatic rings. The number of aryl methyl sites for hydroxylation is 2. The first-order chi connectivity index (χ1) is 17.7. The molecule has 6 rings (SSSR count). The maximum Gasteiger partial charge on any atom is 0.0977 e. The number of fused-ring (bicyclic) bond motifs is 1. The number of nitrogens with one attached hydrogen (secondary N) is 3. The van der Waals surface area contributed by atoms with E-state index in [-0.39, 0.29) is 0 Å². The van der Waals surface area contributed by atoms with Crippen molar-refractivity contribution in [1.29, 1.82) is 0 Å². The highest BCUT2D eigenvalue weighted by molar-refractivity contribution is 5.88. The van der Waals surface area contributed by atoms with Gasteiger partial charge >= 0.3 is 0 Å². The predicted octanol–water partition coefficient (Wildman–Crippen LogP) is 5.33. The first kappa shape index (κ1) is 22.4. The minimum absolute atomic E-state index is 0.794. The number of nitrogens with zero attached hydrogens (tertiary/aromatic N) is 5. The molecule has 3 N–H and O–H groups in total. The van der Waals surface area contributed by atoms with Gasteiger partial charge in [0.25, 0.3) is 0 Å². The average Bonchev–Trinajstić information content (AvgIpc) is 3.58. The van der Waals surface area contributed by atoms with Gasteiger partial charge in [-0.05, 0) is 75.5 Å². The molecule has 0 spiro atoms. The Morgan fingerprint density at radius 2 is 1.94 bits per heavy atom. The van der Waals surface area contributed by atoms with Crippen molar-refractivity contribution in [3.63, 3.8) is 0 Å². The van der Waals surface area contributed by atoms with Crippen molar-refractivity contribution in [3.8, 4) is 22.6 Å². The summed E-state index contributed by atoms with van der Waals surface area (Å²) in [6.07, 6.45) is 11.2. The molecule has 0 bridgehead atoms. The number of pyridine rings is 2. The molecule has 1 fully saturated rings. The highest BCUT2D eigenvalue weighted by Crippen LogP contribution is 2.31. The normalized spacial score (nSPS) is 14.4. The van der Waals surface area contributed by atoms with E-state index in [2.05, 4.69) is 60.1 Å². The number of aromatic amines is 1. The van der Waals surface area contributed by atoms with Gasteiger partial charge in [0.1, 0.15) is 0 Å². The lowest BCUT2D eigenvalue weighted by Crippen LogP contribution is -2.28. The van der Waals surface area contributed by atoms with E-state index in [1.165, 1.54) is 19.3 Å². The Morgan fingerprint density at radius 1 is 1.03 bits per heavy atom. The van der Waals surface area contributed by atoms with Crippen LogP contribution >= 0.6 is 0 Å². The summed E-state index contributed by atoms with van der Waals surface area (Å²) in [6, 6.07) is 14.4. The third-order valence-electron chi connectivity index (χ3n) is 6.89. The molecule has 0 saturated carbocycles. The number of H-pyrrole nitrogens is 1. The van der Waals surface area contributed by atoms with Crippen molar-refractivity contribution < 1.29 is 0 Å². The standard InChI is InChI=1S/C28H30N8/c1-19-3-2-4-26(34-19)28-27(31-18-32-28)21-5-6-25-22(13-21)14-23(15-30-25)35-24-16-33-36(17-24)12-9-20-7-10-29-11-8-20/h2-6,13-18,20,29,35H,7-12H2,1H3,(H,31,32). The van der Waals surface area contributed by atoms with Crippen LogP contribution in [0.25, 0.3) is 33.5 Å². The number of hydrogen-bond acceptors (Lipinski definition) is 6. The summed E-state index contributed by atoms with van der Waals surface area (Å²) in [7, 11) is 0. The molecule has 0 unspecified atom stereocenters. The van der Waals surface area contributed by atoms with Crippen LogP contribution in [0.15, 0.2) is 67.4 Å². The van der Waals surface area contributed by atoms with Crippen LogP contribution in [0.3, 0.4) is 0 Å². The predicted molar refractivity (Wildman–Crippen MR) is 143 cm³/mol. The minimum Gasteiger partial charge on any atom is -0.352 e. The molecular formula is C28H30N8. The van der Waals surface area contributed by atoms with Gasteiger partial charge in [-0.2, -0.15) is 5.10 Å². The molecule has 8 nitrogen and oxygen atoms in total. The van der Waals surface area contributed by atoms with Crippen LogP contribution in [0.4, 0.5) is 11.4 Å². The molecule has 0 atom stereocenters. The van der Waals surface area contributed by atoms with Crippen molar-refractivity contribution in [3.05, 3.63) is 73.1 Å². The minimum atomic E-state index is 0.794. The Bertz CT molecular complexity index is 1480. The zero-order chi connectivity index (χ0) is 24.3. The first-order valence-corrected chi connectivity index (χ1v) is 12.6. The molecular weight excluding hydrogens is 448 g/mol. The summed E-state index contributed by atoms with van der Waals surface area (Å²) in [5.74, 6) is 0.794. The zero-order valence-electron chi connectivity index (χ0n) is 20.4. The fourth-order valence-corrected chi connectivity index (χ4v) is 4.94. The van der Waals surface area contributed by atoms with Crippen molar-refractivity contribution >= 4 is 22.3 Å². The fraction of sp³-hybridized carbons (Fsp3) is 0.286. The van der Waals surface area contributed by atoms with Gasteiger partial charge in [-0.3, -0.25) is 14.6 Å². The molecule has 1 saturated heterocycles. The van der Waals surface area contributed by atoms with Gasteiger partial charge in [-0.1, -0.05) is 12.1 Å². The maximum absolute atomic E-state index is 4.66. The summed E-state index contributed by atoms with van der Waals surface area (Å²) in [5, 5.41) is 12.5. The third kappa shape index (κ3) is 4.85. The second kappa shape index (κ2) is 9.91. The summed E-state index contributed by atoms with van der Waals surface area (Å²) in [4.78, 5) is 17.2. The molecule has 1 aliphatic heterocycles. The molecule has 0 aliphatic carbocycles. The number of hydrogen-bond donors (Lipinski definition) is 3. The number of piperidine rings is 1. The number of anilines is 2. The van der Waals surface area contributed by atoms with Crippen molar-refractivity contribution in [2.75, 3.05) is 18.4 Å². The second-order valence-corrected chi connectivity index (χ2v) is 9.52. The smallest absolute Gasteiger partial charge is 0.0977 e. The Balaban J connectivity index is 1.20. The molecule has 182 valence electrons. The Kier molecular flexibility index (Phi) is 6.17. The quantitative estimate of drug-likeness (QED) is 0.293. The average molecular weight is 479 g/mol. The van der Waals surface area contributed by atoms with E-state index in [1.807, 2.05) is 48.3 Å². The lowest BCUT2D eigenvalue weighted by atomic mass is 9.95. The van der Waals surface area contributed by atoms with E-state index in [4.69, 9.17) is 0 Å². The summed E-state index contributed by atoms with van der Waals surface area (Å²) < 4.78 is 2.04. The van der Waals surface area contributed by atoms with Gasteiger partial charge < -0.3 is 15.6 Å². The fourth-order valence-electron chi connectivity index (χ4n) is 4.94. The van der Waals surface area contributed by atoms with E-state index in [0.717, 1.165) is 76.2 Å². The van der Waals surface area contributed by atoms with E-state index < -0.39 is 0 Å². The van der Waals surface area contributed by atoms with Crippen molar-refractivity contribution in [2.45, 2.75) is 32.7 Å². The zero-order valence-corrected chi connectivity index (χ0v) is 20.4. The number of aromatic nitrogens is 6. The van der Waals surface area contributed by atoms with E-state index in [9.17, 15) is 0 Å². The SMILES string of the molecule is Cc1cccc(-c2[nH]cnc2-c2ccc3ncc(Nc4cnn(CCC5CCNCC5)c4)cc3c2)n1. The van der Waals surface area contributed by atoms with Crippen LogP contribution in [0.1, 0.15) is 25.0 Å². The van der Waals surface area contributed by atoms with Crippen LogP contribution in [-0.4, -0.2) is 42.8 Å². The highest BCUT2D eigenvalue weighted by Gasteiger charge is 2.14. The van der Waals surface area contributed by atoms with E-state index in [1.54, 1.807) is 6.33 Å². The van der Waals surface area contributed by atoms with Crippen molar-refractivity contribution in [1.82, 2.24) is 35.0 Å². The van der Waals surface area contributed by atoms with Gasteiger partial charge in [-0.25, -0.2) is 4.98 Å². The number of benzene rings is 1. The number of rotatable bonds is 7. The van der Waals surface area contributed by atoms with Crippen LogP contribution in [0, 0.1) is 12.8 Å². The number of imidazole rings is 1. The molecule has 5 heterocycles. The summed E-state index contributed by atoms with van der Waals surface area (Å²) >= 11 is 0. The molecule has 1 aliphatic rings. The molecule has 8 heteroatoms. The third-order valence-corrected chi connectivity index (χ3v) is 6.89. The van der Waals surface area contributed by atoms with Gasteiger partial charge in [0.2, 0.25) is 0 Å². The molecule has 1 aromatic carbocycles. The van der Waals surface area contributed by atoms with Crippen LogP contribution < -0.4 is 10.6 Å². The lowest BCUT2D eigenvalue weighted by Gasteiger charge is -2.22. The molecule has 4 aromatic heterocycles. The summed E-state index contributed by atoms with van der Waals surface area (Å²) in [5.41, 5.74) is 7.51.